The molecule has 2 aromatic rings. The third kappa shape index (κ3) is 7.04. The largest absolute Gasteiger partial charge is 0.461 e. The van der Waals surface area contributed by atoms with Gasteiger partial charge in [0.05, 0.1) is 47.6 Å². The zero-order valence-electron chi connectivity index (χ0n) is 21.1. The Morgan fingerprint density at radius 3 is 2.46 bits per heavy atom. The summed E-state index contributed by atoms with van der Waals surface area (Å²) in [5.74, 6) is -5.24. The van der Waals surface area contributed by atoms with Crippen LogP contribution in [-0.4, -0.2) is 31.3 Å². The first kappa shape index (κ1) is 29.2. The van der Waals surface area contributed by atoms with Gasteiger partial charge < -0.3 is 14.8 Å². The van der Waals surface area contributed by atoms with Gasteiger partial charge in [-0.1, -0.05) is 78.7 Å². The number of carbonyl (C=O) groups is 2. The standard InChI is InChI=1S/C29H28Cl2F3NO4/c1-18(29(32,33)34)26(20-7-10-22(30)11-8-20)27(37)35-24-13-21(9-12-23(24)31)28(16-38-17-28)14-25(36)39-15-19-5-3-2-4-6-19/h2-7,9-13,18,20,26H,8,14-17H2,1H3,(H,35,37)/t18-,20?,26+/m1/s1. The van der Waals surface area contributed by atoms with E-state index in [0.29, 0.717) is 10.6 Å². The topological polar surface area (TPSA) is 64.6 Å². The van der Waals surface area contributed by atoms with Crippen molar-refractivity contribution in [3.05, 3.63) is 87.9 Å². The minimum absolute atomic E-state index is 0.0303. The number of amides is 1. The highest BCUT2D eigenvalue weighted by Crippen LogP contribution is 2.41. The highest BCUT2D eigenvalue weighted by atomic mass is 35.5. The van der Waals surface area contributed by atoms with Crippen LogP contribution in [0.1, 0.15) is 30.9 Å². The minimum atomic E-state index is -4.58. The molecule has 0 spiro atoms. The summed E-state index contributed by atoms with van der Waals surface area (Å²) in [4.78, 5) is 26.0. The molecule has 1 N–H and O–H groups in total. The zero-order valence-corrected chi connectivity index (χ0v) is 22.7. The van der Waals surface area contributed by atoms with Gasteiger partial charge in [0.1, 0.15) is 6.61 Å². The van der Waals surface area contributed by atoms with E-state index in [9.17, 15) is 22.8 Å². The van der Waals surface area contributed by atoms with Gasteiger partial charge >= 0.3 is 12.1 Å². The lowest BCUT2D eigenvalue weighted by molar-refractivity contribution is -0.188. The number of esters is 1. The van der Waals surface area contributed by atoms with Crippen molar-refractivity contribution >= 4 is 40.8 Å². The van der Waals surface area contributed by atoms with E-state index in [-0.39, 0.29) is 43.4 Å². The molecule has 0 saturated carbocycles. The van der Waals surface area contributed by atoms with Crippen molar-refractivity contribution < 1.29 is 32.2 Å². The van der Waals surface area contributed by atoms with Crippen molar-refractivity contribution in [1.82, 2.24) is 0 Å². The molecule has 208 valence electrons. The molecule has 1 unspecified atom stereocenters. The van der Waals surface area contributed by atoms with E-state index in [1.165, 1.54) is 12.2 Å². The number of allylic oxidation sites excluding steroid dienone is 4. The second-order valence-electron chi connectivity index (χ2n) is 9.98. The minimum Gasteiger partial charge on any atom is -0.461 e. The Bertz CT molecular complexity index is 1260. The monoisotopic (exact) mass is 581 g/mol. The molecule has 1 aliphatic carbocycles. The Balaban J connectivity index is 1.51. The van der Waals surface area contributed by atoms with Gasteiger partial charge in [0.25, 0.3) is 0 Å². The fourth-order valence-electron chi connectivity index (χ4n) is 4.82. The van der Waals surface area contributed by atoms with Gasteiger partial charge in [0.2, 0.25) is 5.91 Å². The van der Waals surface area contributed by atoms with Gasteiger partial charge in [0.15, 0.2) is 0 Å². The zero-order chi connectivity index (χ0) is 28.2. The van der Waals surface area contributed by atoms with Crippen molar-refractivity contribution in [1.29, 1.82) is 0 Å². The second-order valence-corrected chi connectivity index (χ2v) is 10.8. The number of carbonyl (C=O) groups excluding carboxylic acids is 2. The molecule has 39 heavy (non-hydrogen) atoms. The molecule has 0 bridgehead atoms. The van der Waals surface area contributed by atoms with Crippen LogP contribution in [0.5, 0.6) is 0 Å². The van der Waals surface area contributed by atoms with Crippen LogP contribution in [0.4, 0.5) is 18.9 Å². The summed E-state index contributed by atoms with van der Waals surface area (Å²) >= 11 is 12.3. The molecule has 4 rings (SSSR count). The van der Waals surface area contributed by atoms with E-state index in [1.54, 1.807) is 24.3 Å². The van der Waals surface area contributed by atoms with Gasteiger partial charge in [-0.25, -0.2) is 0 Å². The van der Waals surface area contributed by atoms with Gasteiger partial charge in [-0.2, -0.15) is 13.2 Å². The number of ether oxygens (including phenoxy) is 2. The Morgan fingerprint density at radius 1 is 1.15 bits per heavy atom. The number of alkyl halides is 3. The Morgan fingerprint density at radius 2 is 1.87 bits per heavy atom. The van der Waals surface area contributed by atoms with Gasteiger partial charge in [-0.3, -0.25) is 9.59 Å². The molecule has 10 heteroatoms. The molecule has 0 aromatic heterocycles. The van der Waals surface area contributed by atoms with Gasteiger partial charge in [0, 0.05) is 5.03 Å². The number of nitrogens with one attached hydrogen (secondary N) is 1. The first-order valence-electron chi connectivity index (χ1n) is 12.5. The van der Waals surface area contributed by atoms with E-state index < -0.39 is 41.2 Å². The quantitative estimate of drug-likeness (QED) is 0.318. The molecule has 5 nitrogen and oxygen atoms in total. The highest BCUT2D eigenvalue weighted by Gasteiger charge is 2.47. The molecule has 0 radical (unpaired) electrons. The van der Waals surface area contributed by atoms with E-state index in [2.05, 4.69) is 5.32 Å². The third-order valence-electron chi connectivity index (χ3n) is 7.23. The Kier molecular flexibility index (Phi) is 9.09. The summed E-state index contributed by atoms with van der Waals surface area (Å²) in [7, 11) is 0. The summed E-state index contributed by atoms with van der Waals surface area (Å²) in [6.45, 7) is 1.62. The number of rotatable bonds is 9. The Hall–Kier alpha value is -2.81. The number of halogens is 5. The fourth-order valence-corrected chi connectivity index (χ4v) is 5.15. The van der Waals surface area contributed by atoms with E-state index in [4.69, 9.17) is 32.7 Å². The molecule has 1 heterocycles. The van der Waals surface area contributed by atoms with E-state index in [1.807, 2.05) is 30.3 Å². The lowest BCUT2D eigenvalue weighted by atomic mass is 9.75. The molecule has 2 aromatic carbocycles. The van der Waals surface area contributed by atoms with Crippen LogP contribution < -0.4 is 5.32 Å². The summed E-state index contributed by atoms with van der Waals surface area (Å²) in [6.07, 6.45) is 0.286. The van der Waals surface area contributed by atoms with Crippen LogP contribution in [0, 0.1) is 17.8 Å². The van der Waals surface area contributed by atoms with Crippen LogP contribution >= 0.6 is 23.2 Å². The van der Waals surface area contributed by atoms with Crippen LogP contribution in [0.15, 0.2) is 71.8 Å². The van der Waals surface area contributed by atoms with E-state index >= 15 is 0 Å². The molecular weight excluding hydrogens is 554 g/mol. The Labute approximate surface area is 235 Å². The summed E-state index contributed by atoms with van der Waals surface area (Å²) in [6, 6.07) is 14.1. The summed E-state index contributed by atoms with van der Waals surface area (Å²) in [5.41, 5.74) is 0.979. The van der Waals surface area contributed by atoms with Crippen LogP contribution in [0.2, 0.25) is 5.02 Å². The number of benzene rings is 2. The lowest BCUT2D eigenvalue weighted by Crippen LogP contribution is -2.48. The SMILES string of the molecule is C[C@H]([C@H](C(=O)Nc1cc(C2(CC(=O)OCc3ccccc3)COC2)ccc1Cl)C1C=CC(Cl)=CC1)C(F)(F)F. The van der Waals surface area contributed by atoms with Crippen molar-refractivity contribution in [2.75, 3.05) is 18.5 Å². The molecular formula is C29H28Cl2F3NO4. The highest BCUT2D eigenvalue weighted by molar-refractivity contribution is 6.33. The predicted octanol–water partition coefficient (Wildman–Crippen LogP) is 7.19. The normalized spacial score (nSPS) is 19.8. The smallest absolute Gasteiger partial charge is 0.392 e. The predicted molar refractivity (Wildman–Crippen MR) is 143 cm³/mol. The lowest BCUT2D eigenvalue weighted by Gasteiger charge is -2.41. The fraction of sp³-hybridized carbons (Fsp3) is 0.379. The molecule has 1 aliphatic heterocycles. The molecule has 3 atom stereocenters. The van der Waals surface area contributed by atoms with E-state index in [0.717, 1.165) is 12.5 Å². The first-order chi connectivity index (χ1) is 18.5. The first-order valence-corrected chi connectivity index (χ1v) is 13.2. The van der Waals surface area contributed by atoms with Crippen molar-refractivity contribution in [2.45, 2.75) is 38.0 Å². The maximum Gasteiger partial charge on any atom is 0.392 e. The molecule has 1 fully saturated rings. The van der Waals surface area contributed by atoms with Crippen molar-refractivity contribution in [2.24, 2.45) is 17.8 Å². The second kappa shape index (κ2) is 12.1. The maximum absolute atomic E-state index is 13.7. The van der Waals surface area contributed by atoms with Crippen molar-refractivity contribution in [3.63, 3.8) is 0 Å². The summed E-state index contributed by atoms with van der Waals surface area (Å²) in [5, 5.41) is 3.19. The number of anilines is 1. The third-order valence-corrected chi connectivity index (χ3v) is 7.84. The molecule has 2 aliphatic rings. The van der Waals surface area contributed by atoms with Crippen molar-refractivity contribution in [3.8, 4) is 0 Å². The van der Waals surface area contributed by atoms with Crippen LogP contribution in [-0.2, 0) is 31.1 Å². The van der Waals surface area contributed by atoms with Gasteiger partial charge in [-0.05, 0) is 41.7 Å². The number of hydrogen-bond acceptors (Lipinski definition) is 4. The summed E-state index contributed by atoms with van der Waals surface area (Å²) < 4.78 is 52.1. The average molecular weight is 582 g/mol. The van der Waals surface area contributed by atoms with Gasteiger partial charge in [-0.15, -0.1) is 0 Å². The molecule has 1 amide bonds. The maximum atomic E-state index is 13.7. The molecule has 1 saturated heterocycles. The average Bonchev–Trinajstić information content (AvgIpc) is 2.87. The van der Waals surface area contributed by atoms with Crippen LogP contribution in [0.25, 0.3) is 0 Å². The number of hydrogen-bond donors (Lipinski definition) is 1. The van der Waals surface area contributed by atoms with Crippen LogP contribution in [0.3, 0.4) is 0 Å².